The van der Waals surface area contributed by atoms with Crippen molar-refractivity contribution in [3.63, 3.8) is 0 Å². The zero-order chi connectivity index (χ0) is 20.1. The van der Waals surface area contributed by atoms with Gasteiger partial charge in [-0.2, -0.15) is 0 Å². The Hall–Kier alpha value is -2.67. The molecule has 1 atom stereocenters. The molecule has 1 aliphatic rings. The lowest BCUT2D eigenvalue weighted by molar-refractivity contribution is 0.0947. The van der Waals surface area contributed by atoms with E-state index in [2.05, 4.69) is 15.6 Å². The van der Waals surface area contributed by atoms with E-state index in [0.29, 0.717) is 23.8 Å². The van der Waals surface area contributed by atoms with Gasteiger partial charge in [0, 0.05) is 35.9 Å². The van der Waals surface area contributed by atoms with E-state index in [1.165, 1.54) is 6.08 Å². The van der Waals surface area contributed by atoms with Gasteiger partial charge in [-0.15, -0.1) is 0 Å². The third-order valence-electron chi connectivity index (χ3n) is 4.43. The molecule has 1 amide bonds. The van der Waals surface area contributed by atoms with Gasteiger partial charge in [0.1, 0.15) is 5.82 Å². The number of pyridine rings is 1. The third-order valence-corrected chi connectivity index (χ3v) is 5.08. The van der Waals surface area contributed by atoms with Crippen molar-refractivity contribution in [2.45, 2.75) is 38.3 Å². The van der Waals surface area contributed by atoms with Crippen LogP contribution in [0.25, 0.3) is 0 Å². The molecule has 1 fully saturated rings. The van der Waals surface area contributed by atoms with E-state index in [4.69, 9.17) is 0 Å². The summed E-state index contributed by atoms with van der Waals surface area (Å²) in [6.45, 7) is 2.29. The number of rotatable bonds is 8. The first-order chi connectivity index (χ1) is 13.3. The van der Waals surface area contributed by atoms with E-state index in [0.717, 1.165) is 35.8 Å². The Labute approximate surface area is 166 Å². The predicted octanol–water partition coefficient (Wildman–Crippen LogP) is 3.25. The third kappa shape index (κ3) is 5.92. The van der Waals surface area contributed by atoms with Gasteiger partial charge in [0.2, 0.25) is 0 Å². The molecule has 2 N–H and O–H groups in total. The summed E-state index contributed by atoms with van der Waals surface area (Å²) in [5.41, 5.74) is 2.54. The molecule has 1 saturated carbocycles. The maximum atomic E-state index is 12.7. The number of nitrogens with zero attached hydrogens (tertiary/aromatic N) is 1. The Kier molecular flexibility index (Phi) is 6.14. The number of carbonyl (C=O) groups excluding carboxylic acids is 1. The first-order valence-corrected chi connectivity index (χ1v) is 11.2. The Balaban J connectivity index is 1.76. The summed E-state index contributed by atoms with van der Waals surface area (Å²) in [4.78, 5) is 17.4. The normalized spacial score (nSPS) is 15.4. The quantitative estimate of drug-likeness (QED) is 0.711. The lowest BCUT2D eigenvalue weighted by Gasteiger charge is -2.15. The number of sulfone groups is 1. The highest BCUT2D eigenvalue weighted by Crippen LogP contribution is 2.39. The molecule has 0 bridgehead atoms. The molecular formula is C21H25N3O3S. The average Bonchev–Trinajstić information content (AvgIpc) is 3.50. The molecular weight excluding hydrogens is 374 g/mol. The van der Waals surface area contributed by atoms with Crippen LogP contribution in [0.2, 0.25) is 0 Å². The van der Waals surface area contributed by atoms with Crippen molar-refractivity contribution in [1.82, 2.24) is 10.3 Å². The molecule has 2 aromatic rings. The second kappa shape index (κ2) is 8.56. The zero-order valence-corrected chi connectivity index (χ0v) is 16.9. The fourth-order valence-corrected chi connectivity index (χ4v) is 3.29. The fourth-order valence-electron chi connectivity index (χ4n) is 2.77. The van der Waals surface area contributed by atoms with Crippen molar-refractivity contribution < 1.29 is 13.2 Å². The van der Waals surface area contributed by atoms with Gasteiger partial charge in [0.15, 0.2) is 9.84 Å². The molecule has 0 spiro atoms. The van der Waals surface area contributed by atoms with Crippen LogP contribution in [0, 0.1) is 0 Å². The van der Waals surface area contributed by atoms with Crippen LogP contribution >= 0.6 is 0 Å². The van der Waals surface area contributed by atoms with Crippen LogP contribution in [0.1, 0.15) is 47.3 Å². The summed E-state index contributed by atoms with van der Waals surface area (Å²) in [6.07, 6.45) is 4.83. The highest BCUT2D eigenvalue weighted by Gasteiger charge is 2.26. The maximum absolute atomic E-state index is 12.7. The van der Waals surface area contributed by atoms with Crippen LogP contribution in [0.5, 0.6) is 0 Å². The zero-order valence-electron chi connectivity index (χ0n) is 16.1. The van der Waals surface area contributed by atoms with Crippen molar-refractivity contribution in [2.75, 3.05) is 11.6 Å². The molecule has 6 nitrogen and oxygen atoms in total. The van der Waals surface area contributed by atoms with Gasteiger partial charge < -0.3 is 10.6 Å². The highest BCUT2D eigenvalue weighted by atomic mass is 32.2. The van der Waals surface area contributed by atoms with E-state index < -0.39 is 15.9 Å². The van der Waals surface area contributed by atoms with Gasteiger partial charge in [0.25, 0.3) is 5.91 Å². The van der Waals surface area contributed by atoms with Crippen LogP contribution in [0.4, 0.5) is 5.82 Å². The minimum atomic E-state index is -3.23. The summed E-state index contributed by atoms with van der Waals surface area (Å²) >= 11 is 0. The molecule has 1 aromatic heterocycles. The van der Waals surface area contributed by atoms with Gasteiger partial charge in [-0.25, -0.2) is 13.4 Å². The number of carbonyl (C=O) groups is 1. The van der Waals surface area contributed by atoms with Crippen molar-refractivity contribution in [3.8, 4) is 0 Å². The SMILES string of the molecule is C[C@@H](/C=C/S(C)(=O)=O)NC(=O)c1ccc(C2CC2)nc1NCc1ccccc1. The minimum Gasteiger partial charge on any atom is -0.365 e. The molecule has 3 rings (SSSR count). The van der Waals surface area contributed by atoms with Crippen LogP contribution < -0.4 is 10.6 Å². The second-order valence-electron chi connectivity index (χ2n) is 7.17. The smallest absolute Gasteiger partial charge is 0.255 e. The average molecular weight is 400 g/mol. The number of hydrogen-bond donors (Lipinski definition) is 2. The van der Waals surface area contributed by atoms with Crippen molar-refractivity contribution >= 4 is 21.6 Å². The predicted molar refractivity (Wildman–Crippen MR) is 111 cm³/mol. The molecule has 7 heteroatoms. The molecule has 1 aromatic carbocycles. The summed E-state index contributed by atoms with van der Waals surface area (Å²) in [5.74, 6) is 0.729. The van der Waals surface area contributed by atoms with Crippen LogP contribution in [0.15, 0.2) is 53.9 Å². The number of aromatic nitrogens is 1. The lowest BCUT2D eigenvalue weighted by Crippen LogP contribution is -2.32. The number of benzene rings is 1. The van der Waals surface area contributed by atoms with E-state index in [9.17, 15) is 13.2 Å². The Morgan fingerprint density at radius 3 is 2.57 bits per heavy atom. The second-order valence-corrected chi connectivity index (χ2v) is 9.10. The number of nitrogens with one attached hydrogen (secondary N) is 2. The van der Waals surface area contributed by atoms with Gasteiger partial charge in [-0.3, -0.25) is 4.79 Å². The maximum Gasteiger partial charge on any atom is 0.255 e. The van der Waals surface area contributed by atoms with Crippen molar-refractivity contribution in [1.29, 1.82) is 0 Å². The Bertz CT molecular complexity index is 968. The highest BCUT2D eigenvalue weighted by molar-refractivity contribution is 7.93. The fraction of sp³-hybridized carbons (Fsp3) is 0.333. The van der Waals surface area contributed by atoms with E-state index in [1.54, 1.807) is 13.0 Å². The molecule has 0 aliphatic heterocycles. The van der Waals surface area contributed by atoms with Gasteiger partial charge in [0.05, 0.1) is 5.56 Å². The van der Waals surface area contributed by atoms with Crippen LogP contribution in [-0.2, 0) is 16.4 Å². The number of amides is 1. The number of hydrogen-bond acceptors (Lipinski definition) is 5. The van der Waals surface area contributed by atoms with Crippen molar-refractivity contribution in [2.24, 2.45) is 0 Å². The molecule has 148 valence electrons. The summed E-state index contributed by atoms with van der Waals surface area (Å²) in [6, 6.07) is 13.2. The van der Waals surface area contributed by atoms with Gasteiger partial charge in [-0.1, -0.05) is 36.4 Å². The Morgan fingerprint density at radius 2 is 1.93 bits per heavy atom. The first kappa shape index (κ1) is 20.1. The Morgan fingerprint density at radius 1 is 1.21 bits per heavy atom. The van der Waals surface area contributed by atoms with E-state index in [1.807, 2.05) is 36.4 Å². The van der Waals surface area contributed by atoms with Gasteiger partial charge in [-0.05, 0) is 37.5 Å². The van der Waals surface area contributed by atoms with Crippen LogP contribution in [0.3, 0.4) is 0 Å². The molecule has 1 aliphatic carbocycles. The van der Waals surface area contributed by atoms with Crippen LogP contribution in [-0.4, -0.2) is 31.6 Å². The summed E-state index contributed by atoms with van der Waals surface area (Å²) in [5, 5.41) is 7.18. The minimum absolute atomic E-state index is 0.295. The molecule has 28 heavy (non-hydrogen) atoms. The molecule has 0 saturated heterocycles. The summed E-state index contributed by atoms with van der Waals surface area (Å²) in [7, 11) is -3.23. The number of anilines is 1. The first-order valence-electron chi connectivity index (χ1n) is 9.29. The molecule has 0 radical (unpaired) electrons. The van der Waals surface area contributed by atoms with E-state index in [-0.39, 0.29) is 5.91 Å². The largest absolute Gasteiger partial charge is 0.365 e. The summed E-state index contributed by atoms with van der Waals surface area (Å²) < 4.78 is 22.5. The monoisotopic (exact) mass is 399 g/mol. The standard InChI is InChI=1S/C21H25N3O3S/c1-15(12-13-28(2,26)27)23-21(25)18-10-11-19(17-8-9-17)24-20(18)22-14-16-6-4-3-5-7-16/h3-7,10-13,15,17H,8-9,14H2,1-2H3,(H,22,24)(H,23,25)/b13-12+/t15-/m0/s1. The van der Waals surface area contributed by atoms with E-state index >= 15 is 0 Å². The lowest BCUT2D eigenvalue weighted by atomic mass is 10.1. The van der Waals surface area contributed by atoms with Gasteiger partial charge >= 0.3 is 0 Å². The molecule has 0 unspecified atom stereocenters. The topological polar surface area (TPSA) is 88.2 Å². The molecule has 1 heterocycles. The van der Waals surface area contributed by atoms with Crippen molar-refractivity contribution in [3.05, 3.63) is 70.8 Å².